The Bertz CT molecular complexity index is 1250. The molecule has 0 aromatic heterocycles. The summed E-state index contributed by atoms with van der Waals surface area (Å²) in [6, 6.07) is 24.0. The number of fused-ring (bicyclic) bond motifs is 1. The number of nitriles is 1. The van der Waals surface area contributed by atoms with E-state index < -0.39 is 11.8 Å². The summed E-state index contributed by atoms with van der Waals surface area (Å²) in [5.41, 5.74) is 3.63. The zero-order valence-electron chi connectivity index (χ0n) is 19.2. The van der Waals surface area contributed by atoms with Crippen LogP contribution >= 0.6 is 0 Å². The summed E-state index contributed by atoms with van der Waals surface area (Å²) >= 11 is 0. The van der Waals surface area contributed by atoms with Gasteiger partial charge < -0.3 is 16.0 Å². The van der Waals surface area contributed by atoms with Gasteiger partial charge in [0.05, 0.1) is 6.07 Å². The maximum absolute atomic E-state index is 12.2. The highest BCUT2D eigenvalue weighted by Crippen LogP contribution is 2.26. The predicted molar refractivity (Wildman–Crippen MR) is 135 cm³/mol. The molecule has 3 aromatic carbocycles. The Kier molecular flexibility index (Phi) is 8.59. The Hall–Kier alpha value is -4.37. The monoisotopic (exact) mass is 452 g/mol. The number of benzene rings is 3. The molecule has 6 heteroatoms. The quantitative estimate of drug-likeness (QED) is 0.255. The second-order valence-electron chi connectivity index (χ2n) is 7.83. The van der Waals surface area contributed by atoms with E-state index in [1.165, 1.54) is 22.4 Å². The fourth-order valence-corrected chi connectivity index (χ4v) is 3.75. The van der Waals surface area contributed by atoms with Crippen molar-refractivity contribution in [3.8, 4) is 6.07 Å². The van der Waals surface area contributed by atoms with Gasteiger partial charge >= 0.3 is 11.8 Å². The lowest BCUT2D eigenvalue weighted by molar-refractivity contribution is -0.139. The van der Waals surface area contributed by atoms with Gasteiger partial charge in [-0.2, -0.15) is 5.26 Å². The Morgan fingerprint density at radius 3 is 2.53 bits per heavy atom. The molecule has 3 rings (SSSR count). The summed E-state index contributed by atoms with van der Waals surface area (Å²) in [5.74, 6) is -1.41. The number of hydrogen-bond acceptors (Lipinski definition) is 4. The van der Waals surface area contributed by atoms with E-state index in [4.69, 9.17) is 5.26 Å². The summed E-state index contributed by atoms with van der Waals surface area (Å²) < 4.78 is 0. The normalized spacial score (nSPS) is 11.5. The summed E-state index contributed by atoms with van der Waals surface area (Å²) in [7, 11) is 0. The summed E-state index contributed by atoms with van der Waals surface area (Å²) in [4.78, 5) is 24.2. The van der Waals surface area contributed by atoms with Crippen LogP contribution < -0.4 is 16.0 Å². The molecule has 1 atom stereocenters. The van der Waals surface area contributed by atoms with Crippen LogP contribution in [0.3, 0.4) is 0 Å². The Morgan fingerprint density at radius 2 is 1.71 bits per heavy atom. The Labute approximate surface area is 200 Å². The molecule has 6 nitrogen and oxygen atoms in total. The Morgan fingerprint density at radius 1 is 1.00 bits per heavy atom. The van der Waals surface area contributed by atoms with Crippen LogP contribution in [0.4, 0.5) is 0 Å². The van der Waals surface area contributed by atoms with Gasteiger partial charge in [0, 0.05) is 36.5 Å². The maximum Gasteiger partial charge on any atom is 0.309 e. The van der Waals surface area contributed by atoms with Crippen molar-refractivity contribution in [2.45, 2.75) is 25.9 Å². The van der Waals surface area contributed by atoms with Crippen LogP contribution in [0.5, 0.6) is 0 Å². The number of carbonyl (C=O) groups is 2. The van der Waals surface area contributed by atoms with Crippen molar-refractivity contribution in [2.75, 3.05) is 6.54 Å². The lowest BCUT2D eigenvalue weighted by Crippen LogP contribution is -2.40. The third-order valence-electron chi connectivity index (χ3n) is 5.46. The average Bonchev–Trinajstić information content (AvgIpc) is 2.86. The molecule has 0 aliphatic carbocycles. The van der Waals surface area contributed by atoms with E-state index in [9.17, 15) is 9.59 Å². The highest BCUT2D eigenvalue weighted by Gasteiger charge is 2.15. The highest BCUT2D eigenvalue weighted by atomic mass is 16.2. The van der Waals surface area contributed by atoms with Crippen molar-refractivity contribution in [2.24, 2.45) is 0 Å². The molecule has 0 radical (unpaired) electrons. The molecule has 0 heterocycles. The first kappa shape index (κ1) is 24.3. The number of hydrogen-bond donors (Lipinski definition) is 3. The average molecular weight is 453 g/mol. The van der Waals surface area contributed by atoms with Crippen LogP contribution in [0.1, 0.15) is 36.1 Å². The fourth-order valence-electron chi connectivity index (χ4n) is 3.75. The first-order valence-electron chi connectivity index (χ1n) is 11.1. The molecule has 0 bridgehead atoms. The van der Waals surface area contributed by atoms with Crippen molar-refractivity contribution < 1.29 is 9.59 Å². The molecule has 3 N–H and O–H groups in total. The molecule has 0 spiro atoms. The van der Waals surface area contributed by atoms with E-state index in [0.29, 0.717) is 6.42 Å². The summed E-state index contributed by atoms with van der Waals surface area (Å²) in [6.07, 6.45) is 3.45. The number of amides is 2. The Balaban J connectivity index is 1.62. The van der Waals surface area contributed by atoms with Crippen LogP contribution in [0, 0.1) is 11.3 Å². The standard InChI is InChI=1S/C28H28N4O2/c1-20(32-21(2)25-16-10-13-22-11-4-7-15-26(22)25)24-14-6-5-12-23(24)19-31-28(34)27(33)30-18-9-3-8-17-29/h3-8,10-16,21,32H,1,9,18-19H2,2H3,(H,30,33)(H,31,34)/b8-3+. The zero-order chi connectivity index (χ0) is 24.3. The molecule has 1 unspecified atom stereocenters. The highest BCUT2D eigenvalue weighted by molar-refractivity contribution is 6.35. The minimum atomic E-state index is -0.707. The fraction of sp³-hybridized carbons (Fsp3) is 0.179. The van der Waals surface area contributed by atoms with Crippen LogP contribution in [0.15, 0.2) is 85.5 Å². The molecule has 3 aromatic rings. The third kappa shape index (κ3) is 6.33. The van der Waals surface area contributed by atoms with Crippen molar-refractivity contribution in [1.29, 1.82) is 5.26 Å². The van der Waals surface area contributed by atoms with Gasteiger partial charge in [0.1, 0.15) is 0 Å². The minimum Gasteiger partial charge on any atom is -0.378 e. The number of nitrogens with one attached hydrogen (secondary N) is 3. The zero-order valence-corrected chi connectivity index (χ0v) is 19.2. The van der Waals surface area contributed by atoms with Crippen molar-refractivity contribution >= 4 is 28.3 Å². The molecule has 0 aliphatic rings. The number of rotatable bonds is 9. The molecule has 0 aliphatic heterocycles. The second-order valence-corrected chi connectivity index (χ2v) is 7.83. The first-order chi connectivity index (χ1) is 16.5. The van der Waals surface area contributed by atoms with E-state index in [0.717, 1.165) is 16.8 Å². The van der Waals surface area contributed by atoms with Gasteiger partial charge in [-0.15, -0.1) is 0 Å². The molecule has 34 heavy (non-hydrogen) atoms. The summed E-state index contributed by atoms with van der Waals surface area (Å²) in [6.45, 7) is 6.80. The van der Waals surface area contributed by atoms with Crippen LogP contribution in [-0.4, -0.2) is 18.4 Å². The van der Waals surface area contributed by atoms with Gasteiger partial charge in [-0.3, -0.25) is 9.59 Å². The molecule has 0 saturated carbocycles. The molecular formula is C28H28N4O2. The third-order valence-corrected chi connectivity index (χ3v) is 5.46. The van der Waals surface area contributed by atoms with E-state index in [-0.39, 0.29) is 19.1 Å². The molecule has 0 fully saturated rings. The van der Waals surface area contributed by atoms with Crippen molar-refractivity contribution in [3.63, 3.8) is 0 Å². The van der Waals surface area contributed by atoms with Crippen molar-refractivity contribution in [1.82, 2.24) is 16.0 Å². The lowest BCUT2D eigenvalue weighted by Gasteiger charge is -2.21. The van der Waals surface area contributed by atoms with Gasteiger partial charge in [-0.1, -0.05) is 79.4 Å². The molecule has 2 amide bonds. The van der Waals surface area contributed by atoms with Gasteiger partial charge in [-0.05, 0) is 35.2 Å². The maximum atomic E-state index is 12.2. The molecule has 172 valence electrons. The van der Waals surface area contributed by atoms with Gasteiger partial charge in [0.2, 0.25) is 0 Å². The van der Waals surface area contributed by atoms with Gasteiger partial charge in [0.25, 0.3) is 0 Å². The number of nitrogens with zero attached hydrogens (tertiary/aromatic N) is 1. The largest absolute Gasteiger partial charge is 0.378 e. The van der Waals surface area contributed by atoms with E-state index in [2.05, 4.69) is 53.7 Å². The topological polar surface area (TPSA) is 94.0 Å². The predicted octanol–water partition coefficient (Wildman–Crippen LogP) is 4.36. The molecule has 0 saturated heterocycles. The van der Waals surface area contributed by atoms with Gasteiger partial charge in [0.15, 0.2) is 0 Å². The molecular weight excluding hydrogens is 424 g/mol. The summed E-state index contributed by atoms with van der Waals surface area (Å²) in [5, 5.41) is 19.5. The second kappa shape index (κ2) is 12.0. The SMILES string of the molecule is C=C(NC(C)c1cccc2ccccc12)c1ccccc1CNC(=O)C(=O)NCC/C=C/C#N. The van der Waals surface area contributed by atoms with Crippen LogP contribution in [0.2, 0.25) is 0 Å². The van der Waals surface area contributed by atoms with Crippen molar-refractivity contribution in [3.05, 3.63) is 102 Å². The van der Waals surface area contributed by atoms with Gasteiger partial charge in [-0.25, -0.2) is 0 Å². The minimum absolute atomic E-state index is 0.0158. The van der Waals surface area contributed by atoms with Crippen LogP contribution in [-0.2, 0) is 16.1 Å². The first-order valence-corrected chi connectivity index (χ1v) is 11.1. The van der Waals surface area contributed by atoms with Crippen LogP contribution in [0.25, 0.3) is 16.5 Å². The smallest absolute Gasteiger partial charge is 0.309 e. The van der Waals surface area contributed by atoms with E-state index in [1.807, 2.05) is 48.5 Å². The van der Waals surface area contributed by atoms with E-state index >= 15 is 0 Å². The number of allylic oxidation sites excluding steroid dienone is 1. The number of carbonyl (C=O) groups excluding carboxylic acids is 2. The lowest BCUT2D eigenvalue weighted by atomic mass is 9.98. The van der Waals surface area contributed by atoms with E-state index in [1.54, 1.807) is 6.08 Å².